The van der Waals surface area contributed by atoms with Crippen LogP contribution in [0, 0.1) is 0 Å². The maximum absolute atomic E-state index is 12.9. The van der Waals surface area contributed by atoms with Crippen molar-refractivity contribution in [3.63, 3.8) is 0 Å². The fourth-order valence-corrected chi connectivity index (χ4v) is 7.51. The van der Waals surface area contributed by atoms with Gasteiger partial charge in [0, 0.05) is 4.91 Å². The number of aromatic nitrogens is 1. The molecule has 1 unspecified atom stereocenters. The molecule has 1 aromatic heterocycles. The first kappa shape index (κ1) is 20.1. The Morgan fingerprint density at radius 3 is 2.52 bits per heavy atom. The molecule has 2 atom stereocenters. The molecule has 0 amide bonds. The SMILES string of the molecule is CC(C)(C)[Si](C)(C)N=S(N)(=O)c1cnc([C@](C)(O)CN=[N+]=[N-])s1. The summed E-state index contributed by atoms with van der Waals surface area (Å²) in [5, 5.41) is 19.8. The minimum absolute atomic E-state index is 0.0877. The van der Waals surface area contributed by atoms with Crippen LogP contribution in [-0.2, 0) is 15.5 Å². The van der Waals surface area contributed by atoms with Crippen LogP contribution in [0.25, 0.3) is 10.4 Å². The highest BCUT2D eigenvalue weighted by Crippen LogP contribution is 2.38. The third-order valence-corrected chi connectivity index (χ3v) is 13.1. The van der Waals surface area contributed by atoms with Gasteiger partial charge in [-0.05, 0) is 30.6 Å². The second-order valence-corrected chi connectivity index (χ2v) is 15.3. The van der Waals surface area contributed by atoms with E-state index in [1.807, 2.05) is 13.1 Å². The topological polar surface area (TPSA) is 137 Å². The van der Waals surface area contributed by atoms with Gasteiger partial charge in [0.2, 0.25) is 0 Å². The first-order valence-corrected chi connectivity index (χ1v) is 12.3. The van der Waals surface area contributed by atoms with E-state index in [2.05, 4.69) is 39.8 Å². The molecular weight excluding hydrogens is 352 g/mol. The van der Waals surface area contributed by atoms with Gasteiger partial charge in [0.15, 0.2) is 8.24 Å². The lowest BCUT2D eigenvalue weighted by Crippen LogP contribution is -2.37. The Bertz CT molecular complexity index is 737. The van der Waals surface area contributed by atoms with Crippen molar-refractivity contribution in [1.82, 2.24) is 4.98 Å². The standard InChI is InChI=1S/C12H24N6O2S2Si/c1-11(2,3)23(5,6)18-22(14,20)9-7-15-10(21-9)12(4,19)8-16-17-13/h7,19H,8H2,1-6H3,(H2,14,18,20)/t12-,22?/m1/s1. The first-order chi connectivity index (χ1) is 10.2. The summed E-state index contributed by atoms with van der Waals surface area (Å²) in [7, 11) is -5.29. The molecule has 0 aromatic carbocycles. The van der Waals surface area contributed by atoms with Crippen molar-refractivity contribution in [3.8, 4) is 0 Å². The number of hydrogen-bond acceptors (Lipinski definition) is 6. The normalized spacial score (nSPS) is 17.7. The number of thiazole rings is 1. The van der Waals surface area contributed by atoms with E-state index in [0.717, 1.165) is 11.3 Å². The van der Waals surface area contributed by atoms with E-state index in [4.69, 9.17) is 10.7 Å². The fourth-order valence-electron chi connectivity index (χ4n) is 1.40. The smallest absolute Gasteiger partial charge is 0.195 e. The van der Waals surface area contributed by atoms with Gasteiger partial charge in [0.1, 0.15) is 24.7 Å². The summed E-state index contributed by atoms with van der Waals surface area (Å²) in [6, 6.07) is 0. The van der Waals surface area contributed by atoms with Crippen molar-refractivity contribution in [1.29, 1.82) is 0 Å². The highest BCUT2D eigenvalue weighted by atomic mass is 32.2. The summed E-state index contributed by atoms with van der Waals surface area (Å²) >= 11 is 1.03. The van der Waals surface area contributed by atoms with Crippen LogP contribution >= 0.6 is 11.3 Å². The first-order valence-electron chi connectivity index (χ1n) is 6.98. The molecule has 130 valence electrons. The molecule has 11 heteroatoms. The monoisotopic (exact) mass is 376 g/mol. The molecule has 23 heavy (non-hydrogen) atoms. The van der Waals surface area contributed by atoms with Crippen LogP contribution in [0.2, 0.25) is 18.1 Å². The van der Waals surface area contributed by atoms with Crippen molar-refractivity contribution in [2.75, 3.05) is 6.54 Å². The Morgan fingerprint density at radius 1 is 1.48 bits per heavy atom. The van der Waals surface area contributed by atoms with Gasteiger partial charge in [-0.15, -0.1) is 11.3 Å². The average molecular weight is 377 g/mol. The molecule has 0 radical (unpaired) electrons. The summed E-state index contributed by atoms with van der Waals surface area (Å²) in [6.07, 6.45) is 1.38. The third-order valence-electron chi connectivity index (χ3n) is 3.87. The van der Waals surface area contributed by atoms with Crippen molar-refractivity contribution in [3.05, 3.63) is 21.6 Å². The van der Waals surface area contributed by atoms with E-state index in [9.17, 15) is 9.32 Å². The highest BCUT2D eigenvalue weighted by Gasteiger charge is 2.38. The number of hydrogen-bond donors (Lipinski definition) is 2. The van der Waals surface area contributed by atoms with E-state index in [0.29, 0.717) is 9.22 Å². The summed E-state index contributed by atoms with van der Waals surface area (Å²) < 4.78 is 17.7. The second kappa shape index (κ2) is 6.50. The molecule has 1 heterocycles. The van der Waals surface area contributed by atoms with Crippen LogP contribution in [0.15, 0.2) is 19.5 Å². The summed E-state index contributed by atoms with van der Waals surface area (Å²) in [6.45, 7) is 11.5. The Labute approximate surface area is 142 Å². The molecule has 3 N–H and O–H groups in total. The number of nitrogens with two attached hydrogens (primary N) is 1. The number of rotatable bonds is 5. The maximum atomic E-state index is 12.9. The molecule has 0 saturated carbocycles. The van der Waals surface area contributed by atoms with Crippen LogP contribution in [0.4, 0.5) is 0 Å². The largest absolute Gasteiger partial charge is 0.383 e. The zero-order valence-electron chi connectivity index (χ0n) is 14.3. The minimum Gasteiger partial charge on any atom is -0.383 e. The Balaban J connectivity index is 3.28. The zero-order valence-corrected chi connectivity index (χ0v) is 16.9. The van der Waals surface area contributed by atoms with Gasteiger partial charge in [-0.1, -0.05) is 25.9 Å². The predicted octanol–water partition coefficient (Wildman–Crippen LogP) is 3.37. The predicted molar refractivity (Wildman–Crippen MR) is 95.9 cm³/mol. The van der Waals surface area contributed by atoms with E-state index in [-0.39, 0.29) is 11.6 Å². The summed E-state index contributed by atoms with van der Waals surface area (Å²) in [5.41, 5.74) is 6.94. The lowest BCUT2D eigenvalue weighted by molar-refractivity contribution is 0.0666. The molecule has 0 aliphatic carbocycles. The minimum atomic E-state index is -3.08. The molecule has 1 aromatic rings. The van der Waals surface area contributed by atoms with Crippen LogP contribution < -0.4 is 5.14 Å². The van der Waals surface area contributed by atoms with E-state index in [1.165, 1.54) is 13.1 Å². The Kier molecular flexibility index (Phi) is 5.67. The Hall–Kier alpha value is -0.973. The van der Waals surface area contributed by atoms with Crippen molar-refractivity contribution in [2.45, 2.75) is 55.6 Å². The Morgan fingerprint density at radius 2 is 2.04 bits per heavy atom. The van der Waals surface area contributed by atoms with Crippen molar-refractivity contribution < 1.29 is 9.32 Å². The van der Waals surface area contributed by atoms with Gasteiger partial charge in [-0.2, -0.15) is 0 Å². The molecule has 1 rings (SSSR count). The maximum Gasteiger partial charge on any atom is 0.195 e. The zero-order chi connectivity index (χ0) is 18.1. The van der Waals surface area contributed by atoms with E-state index >= 15 is 0 Å². The van der Waals surface area contributed by atoms with Crippen molar-refractivity contribution >= 4 is 29.5 Å². The summed E-state index contributed by atoms with van der Waals surface area (Å²) in [5.74, 6) is 0. The molecule has 0 fully saturated rings. The lowest BCUT2D eigenvalue weighted by atomic mass is 10.1. The average Bonchev–Trinajstić information content (AvgIpc) is 2.84. The van der Waals surface area contributed by atoms with Crippen LogP contribution in [-0.4, -0.2) is 29.1 Å². The number of azide groups is 1. The van der Waals surface area contributed by atoms with Gasteiger partial charge >= 0.3 is 0 Å². The van der Waals surface area contributed by atoms with E-state index < -0.39 is 23.8 Å². The quantitative estimate of drug-likeness (QED) is 0.352. The van der Waals surface area contributed by atoms with Crippen LogP contribution in [0.5, 0.6) is 0 Å². The molecule has 0 aliphatic rings. The summed E-state index contributed by atoms with van der Waals surface area (Å²) in [4.78, 5) is 6.71. The molecular formula is C12H24N6O2S2Si. The third kappa shape index (κ3) is 4.75. The number of aliphatic hydroxyl groups is 1. The van der Waals surface area contributed by atoms with E-state index in [1.54, 1.807) is 0 Å². The lowest BCUT2D eigenvalue weighted by Gasteiger charge is -2.32. The van der Waals surface area contributed by atoms with Gasteiger partial charge in [0.25, 0.3) is 0 Å². The molecule has 8 nitrogen and oxygen atoms in total. The molecule has 0 bridgehead atoms. The highest BCUT2D eigenvalue weighted by molar-refractivity contribution is 7.94. The van der Waals surface area contributed by atoms with Gasteiger partial charge in [-0.25, -0.2) is 14.3 Å². The van der Waals surface area contributed by atoms with Gasteiger partial charge in [0.05, 0.1) is 12.7 Å². The van der Waals surface area contributed by atoms with Crippen LogP contribution in [0.1, 0.15) is 32.7 Å². The fraction of sp³-hybridized carbons (Fsp3) is 0.750. The number of nitrogens with zero attached hydrogens (tertiary/aromatic N) is 5. The second-order valence-electron chi connectivity index (χ2n) is 7.12. The molecule has 0 spiro atoms. The van der Waals surface area contributed by atoms with Gasteiger partial charge < -0.3 is 5.11 Å². The van der Waals surface area contributed by atoms with Gasteiger partial charge in [-0.3, -0.25) is 4.03 Å². The molecule has 0 saturated heterocycles. The van der Waals surface area contributed by atoms with Crippen molar-refractivity contribution in [2.24, 2.45) is 14.3 Å². The molecule has 0 aliphatic heterocycles. The van der Waals surface area contributed by atoms with Crippen LogP contribution in [0.3, 0.4) is 0 Å².